The highest BCUT2D eigenvalue weighted by atomic mass is 16.2. The molecule has 0 bridgehead atoms. The molecule has 0 fully saturated rings. The lowest BCUT2D eigenvalue weighted by molar-refractivity contribution is -0.116. The first-order valence-corrected chi connectivity index (χ1v) is 9.80. The number of ketones is 1. The summed E-state index contributed by atoms with van der Waals surface area (Å²) >= 11 is 0. The number of Topliss-reactive ketones (excluding diaryl/α,β-unsaturated/α-hetero) is 1. The predicted molar refractivity (Wildman–Crippen MR) is 117 cm³/mol. The number of anilines is 1. The fraction of sp³-hybridized carbons (Fsp3) is 0.167. The number of pyridine rings is 1. The van der Waals surface area contributed by atoms with Gasteiger partial charge in [-0.1, -0.05) is 29.8 Å². The molecule has 0 aliphatic carbocycles. The number of hydrogen-bond donors (Lipinski definition) is 1. The van der Waals surface area contributed by atoms with Crippen molar-refractivity contribution in [2.45, 2.75) is 26.7 Å². The van der Waals surface area contributed by atoms with E-state index in [1.54, 1.807) is 18.6 Å². The fourth-order valence-electron chi connectivity index (χ4n) is 3.37. The van der Waals surface area contributed by atoms with E-state index in [0.717, 1.165) is 22.2 Å². The number of benzene rings is 2. The summed E-state index contributed by atoms with van der Waals surface area (Å²) in [5.41, 5.74) is 5.09. The van der Waals surface area contributed by atoms with Crippen LogP contribution in [-0.2, 0) is 4.79 Å². The van der Waals surface area contributed by atoms with Gasteiger partial charge in [0.1, 0.15) is 12.1 Å². The van der Waals surface area contributed by atoms with Gasteiger partial charge in [-0.15, -0.1) is 0 Å². The van der Waals surface area contributed by atoms with E-state index >= 15 is 0 Å². The van der Waals surface area contributed by atoms with Crippen molar-refractivity contribution in [2.24, 2.45) is 0 Å². The van der Waals surface area contributed by atoms with E-state index < -0.39 is 0 Å². The monoisotopic (exact) mass is 398 g/mol. The third-order valence-corrected chi connectivity index (χ3v) is 5.00. The molecule has 150 valence electrons. The number of hydrogen-bond acceptors (Lipinski definition) is 4. The molecule has 4 aromatic rings. The standard InChI is InChI=1S/C24H22N4O2/c1-16-7-8-17(2)19(13-16)22(29)10-12-24(30)27-18-9-11-23(25-14-18)28-15-26-20-5-3-4-6-21(20)28/h3-9,11,13-15H,10,12H2,1-2H3,(H,27,30). The third kappa shape index (κ3) is 4.12. The van der Waals surface area contributed by atoms with Crippen molar-refractivity contribution in [1.29, 1.82) is 0 Å². The Hall–Kier alpha value is -3.80. The zero-order valence-electron chi connectivity index (χ0n) is 16.9. The molecule has 30 heavy (non-hydrogen) atoms. The molecule has 0 radical (unpaired) electrons. The third-order valence-electron chi connectivity index (χ3n) is 5.00. The molecule has 2 aromatic carbocycles. The Bertz CT molecular complexity index is 1230. The molecule has 6 heteroatoms. The molecule has 0 saturated heterocycles. The van der Waals surface area contributed by atoms with Crippen molar-refractivity contribution < 1.29 is 9.59 Å². The lowest BCUT2D eigenvalue weighted by Gasteiger charge is -2.08. The number of nitrogens with one attached hydrogen (secondary N) is 1. The average molecular weight is 398 g/mol. The summed E-state index contributed by atoms with van der Waals surface area (Å²) in [5.74, 6) is 0.481. The summed E-state index contributed by atoms with van der Waals surface area (Å²) < 4.78 is 1.89. The summed E-state index contributed by atoms with van der Waals surface area (Å²) in [4.78, 5) is 33.5. The summed E-state index contributed by atoms with van der Waals surface area (Å²) in [6.45, 7) is 3.86. The molecule has 4 rings (SSSR count). The normalized spacial score (nSPS) is 10.9. The van der Waals surface area contributed by atoms with Crippen LogP contribution in [0.2, 0.25) is 0 Å². The highest BCUT2D eigenvalue weighted by Crippen LogP contribution is 2.18. The van der Waals surface area contributed by atoms with E-state index in [4.69, 9.17) is 0 Å². The number of carbonyl (C=O) groups is 2. The van der Waals surface area contributed by atoms with Crippen molar-refractivity contribution in [3.05, 3.63) is 83.8 Å². The van der Waals surface area contributed by atoms with E-state index in [2.05, 4.69) is 15.3 Å². The van der Waals surface area contributed by atoms with E-state index in [9.17, 15) is 9.59 Å². The van der Waals surface area contributed by atoms with Crippen molar-refractivity contribution in [2.75, 3.05) is 5.32 Å². The first-order valence-electron chi connectivity index (χ1n) is 9.80. The molecular formula is C24H22N4O2. The van der Waals surface area contributed by atoms with Crippen LogP contribution in [0.3, 0.4) is 0 Å². The van der Waals surface area contributed by atoms with E-state index in [0.29, 0.717) is 17.1 Å². The Morgan fingerprint density at radius 3 is 2.60 bits per heavy atom. The zero-order valence-corrected chi connectivity index (χ0v) is 16.9. The van der Waals surface area contributed by atoms with E-state index in [1.807, 2.05) is 66.9 Å². The van der Waals surface area contributed by atoms with Gasteiger partial charge >= 0.3 is 0 Å². The van der Waals surface area contributed by atoms with Gasteiger partial charge in [-0.25, -0.2) is 9.97 Å². The molecule has 0 atom stereocenters. The summed E-state index contributed by atoms with van der Waals surface area (Å²) in [6.07, 6.45) is 3.63. The van der Waals surface area contributed by atoms with Gasteiger partial charge in [0, 0.05) is 18.4 Å². The van der Waals surface area contributed by atoms with Crippen LogP contribution in [0, 0.1) is 13.8 Å². The minimum absolute atomic E-state index is 0.0215. The molecule has 2 heterocycles. The van der Waals surface area contributed by atoms with Crippen LogP contribution in [-0.4, -0.2) is 26.2 Å². The van der Waals surface area contributed by atoms with Gasteiger partial charge in [0.15, 0.2) is 5.78 Å². The molecule has 1 amide bonds. The van der Waals surface area contributed by atoms with Crippen LogP contribution in [0.1, 0.15) is 34.3 Å². The van der Waals surface area contributed by atoms with Crippen LogP contribution in [0.5, 0.6) is 0 Å². The quantitative estimate of drug-likeness (QED) is 0.480. The molecule has 0 unspecified atom stereocenters. The molecule has 0 saturated carbocycles. The second-order valence-corrected chi connectivity index (χ2v) is 7.30. The number of para-hydroxylation sites is 2. The second-order valence-electron chi connectivity index (χ2n) is 7.30. The zero-order chi connectivity index (χ0) is 21.1. The van der Waals surface area contributed by atoms with E-state index in [1.165, 1.54) is 0 Å². The number of rotatable bonds is 6. The number of aromatic nitrogens is 3. The number of fused-ring (bicyclic) bond motifs is 1. The minimum Gasteiger partial charge on any atom is -0.325 e. The highest BCUT2D eigenvalue weighted by Gasteiger charge is 2.12. The minimum atomic E-state index is -0.212. The lowest BCUT2D eigenvalue weighted by Crippen LogP contribution is -2.14. The van der Waals surface area contributed by atoms with Gasteiger partial charge in [0.2, 0.25) is 5.91 Å². The van der Waals surface area contributed by atoms with Gasteiger partial charge in [-0.05, 0) is 49.7 Å². The van der Waals surface area contributed by atoms with Crippen LogP contribution >= 0.6 is 0 Å². The largest absolute Gasteiger partial charge is 0.325 e. The number of nitrogens with zero attached hydrogens (tertiary/aromatic N) is 3. The Morgan fingerprint density at radius 1 is 0.967 bits per heavy atom. The van der Waals surface area contributed by atoms with Crippen LogP contribution in [0.15, 0.2) is 67.1 Å². The van der Waals surface area contributed by atoms with Crippen molar-refractivity contribution in [3.63, 3.8) is 0 Å². The molecule has 0 spiro atoms. The summed E-state index contributed by atoms with van der Waals surface area (Å²) in [6, 6.07) is 17.2. The Morgan fingerprint density at radius 2 is 1.80 bits per heavy atom. The maximum Gasteiger partial charge on any atom is 0.224 e. The van der Waals surface area contributed by atoms with Crippen LogP contribution in [0.25, 0.3) is 16.9 Å². The van der Waals surface area contributed by atoms with Crippen molar-refractivity contribution in [1.82, 2.24) is 14.5 Å². The number of imidazole rings is 1. The van der Waals surface area contributed by atoms with Crippen molar-refractivity contribution in [3.8, 4) is 5.82 Å². The second kappa shape index (κ2) is 8.29. The fourth-order valence-corrected chi connectivity index (χ4v) is 3.37. The van der Waals surface area contributed by atoms with E-state index in [-0.39, 0.29) is 24.5 Å². The Kier molecular flexibility index (Phi) is 5.39. The molecule has 1 N–H and O–H groups in total. The van der Waals surface area contributed by atoms with Gasteiger partial charge in [-0.3, -0.25) is 14.2 Å². The topological polar surface area (TPSA) is 76.9 Å². The maximum absolute atomic E-state index is 12.5. The average Bonchev–Trinajstić information content (AvgIpc) is 3.18. The Balaban J connectivity index is 1.38. The van der Waals surface area contributed by atoms with Gasteiger partial charge < -0.3 is 5.32 Å². The van der Waals surface area contributed by atoms with Gasteiger partial charge in [0.05, 0.1) is 22.9 Å². The molecule has 2 aromatic heterocycles. The summed E-state index contributed by atoms with van der Waals surface area (Å²) in [5, 5.41) is 2.81. The lowest BCUT2D eigenvalue weighted by atomic mass is 9.99. The van der Waals surface area contributed by atoms with Crippen LogP contribution < -0.4 is 5.32 Å². The van der Waals surface area contributed by atoms with Crippen LogP contribution in [0.4, 0.5) is 5.69 Å². The summed E-state index contributed by atoms with van der Waals surface area (Å²) in [7, 11) is 0. The number of aryl methyl sites for hydroxylation is 2. The number of amides is 1. The Labute approximate surface area is 174 Å². The SMILES string of the molecule is Cc1ccc(C)c(C(=O)CCC(=O)Nc2ccc(-n3cnc4ccccc43)nc2)c1. The first-order chi connectivity index (χ1) is 14.5. The predicted octanol–water partition coefficient (Wildman–Crippen LogP) is 4.64. The van der Waals surface area contributed by atoms with Gasteiger partial charge in [-0.2, -0.15) is 0 Å². The molecule has 6 nitrogen and oxygen atoms in total. The number of carbonyl (C=O) groups excluding carboxylic acids is 2. The van der Waals surface area contributed by atoms with Crippen molar-refractivity contribution >= 4 is 28.4 Å². The maximum atomic E-state index is 12.5. The molecule has 0 aliphatic heterocycles. The highest BCUT2D eigenvalue weighted by molar-refractivity contribution is 6.01. The van der Waals surface area contributed by atoms with Gasteiger partial charge in [0.25, 0.3) is 0 Å². The smallest absolute Gasteiger partial charge is 0.224 e. The molecular weight excluding hydrogens is 376 g/mol. The first kappa shape index (κ1) is 19.5. The molecule has 0 aliphatic rings.